The lowest BCUT2D eigenvalue weighted by molar-refractivity contribution is 0.404. The summed E-state index contributed by atoms with van der Waals surface area (Å²) in [4.78, 5) is 0. The topological polar surface area (TPSA) is 35.2 Å². The van der Waals surface area contributed by atoms with Gasteiger partial charge in [0.2, 0.25) is 0 Å². The Hall–Kier alpha value is -0.590. The molecule has 0 spiro atoms. The van der Waals surface area contributed by atoms with E-state index in [0.717, 1.165) is 32.5 Å². The first-order valence-corrected chi connectivity index (χ1v) is 8.17. The second-order valence-corrected chi connectivity index (χ2v) is 6.88. The summed E-state index contributed by atoms with van der Waals surface area (Å²) in [5, 5.41) is 0. The molecule has 0 saturated heterocycles. The lowest BCUT2D eigenvalue weighted by atomic mass is 9.93. The van der Waals surface area contributed by atoms with Crippen molar-refractivity contribution in [2.45, 2.75) is 19.9 Å². The van der Waals surface area contributed by atoms with E-state index in [9.17, 15) is 0 Å². The van der Waals surface area contributed by atoms with Crippen LogP contribution >= 0.6 is 38.5 Å². The van der Waals surface area contributed by atoms with E-state index in [1.165, 1.54) is 3.57 Å². The van der Waals surface area contributed by atoms with Gasteiger partial charge in [-0.2, -0.15) is 0 Å². The first kappa shape index (κ1) is 15.8. The van der Waals surface area contributed by atoms with E-state index in [1.54, 1.807) is 7.11 Å². The number of rotatable bonds is 3. The number of hydrogen-bond acceptors (Lipinski definition) is 2. The molecule has 2 aromatic rings. The molecule has 2 aromatic carbocycles. The van der Waals surface area contributed by atoms with E-state index in [2.05, 4.69) is 69.7 Å². The summed E-state index contributed by atoms with van der Waals surface area (Å²) >= 11 is 5.91. The van der Waals surface area contributed by atoms with Gasteiger partial charge in [-0.05, 0) is 71.3 Å². The molecule has 1 unspecified atom stereocenters. The summed E-state index contributed by atoms with van der Waals surface area (Å²) in [6.45, 7) is 4.10. The van der Waals surface area contributed by atoms with Crippen LogP contribution in [0.5, 0.6) is 5.75 Å². The molecular weight excluding hydrogens is 429 g/mol. The molecule has 2 nitrogen and oxygen atoms in total. The van der Waals surface area contributed by atoms with Crippen LogP contribution in [-0.2, 0) is 0 Å². The van der Waals surface area contributed by atoms with Gasteiger partial charge < -0.3 is 10.5 Å². The van der Waals surface area contributed by atoms with Crippen LogP contribution in [0.2, 0.25) is 0 Å². The van der Waals surface area contributed by atoms with Crippen LogP contribution in [0.1, 0.15) is 28.3 Å². The Labute approximate surface area is 142 Å². The van der Waals surface area contributed by atoms with Crippen LogP contribution in [0.25, 0.3) is 0 Å². The van der Waals surface area contributed by atoms with Gasteiger partial charge in [0.25, 0.3) is 0 Å². The molecule has 4 heteroatoms. The second kappa shape index (κ2) is 6.45. The normalized spacial score (nSPS) is 12.3. The molecule has 0 bridgehead atoms. The van der Waals surface area contributed by atoms with Crippen LogP contribution in [0, 0.1) is 17.4 Å². The highest BCUT2D eigenvalue weighted by atomic mass is 127. The van der Waals surface area contributed by atoms with E-state index < -0.39 is 0 Å². The van der Waals surface area contributed by atoms with Gasteiger partial charge >= 0.3 is 0 Å². The third-order valence-corrected chi connectivity index (χ3v) is 4.93. The quantitative estimate of drug-likeness (QED) is 0.693. The smallest absolute Gasteiger partial charge is 0.127 e. The number of methoxy groups -OCH3 is 1. The van der Waals surface area contributed by atoms with Crippen LogP contribution < -0.4 is 10.5 Å². The SMILES string of the molecule is COc1c(C)cc(Br)c(C)c1C(N)c1cccc(I)c1. The molecule has 0 aliphatic carbocycles. The van der Waals surface area contributed by atoms with E-state index in [-0.39, 0.29) is 6.04 Å². The molecule has 0 aliphatic heterocycles. The third-order valence-electron chi connectivity index (χ3n) is 3.43. The second-order valence-electron chi connectivity index (χ2n) is 4.78. The van der Waals surface area contributed by atoms with Crippen molar-refractivity contribution >= 4 is 38.5 Å². The summed E-state index contributed by atoms with van der Waals surface area (Å²) in [6, 6.07) is 10.1. The monoisotopic (exact) mass is 445 g/mol. The third kappa shape index (κ3) is 3.02. The molecule has 0 saturated carbocycles. The van der Waals surface area contributed by atoms with Crippen molar-refractivity contribution in [3.8, 4) is 5.75 Å². The van der Waals surface area contributed by atoms with E-state index in [4.69, 9.17) is 10.5 Å². The number of halogens is 2. The molecule has 0 aromatic heterocycles. The van der Waals surface area contributed by atoms with Crippen molar-refractivity contribution in [1.29, 1.82) is 0 Å². The molecule has 0 aliphatic rings. The molecule has 2 rings (SSSR count). The predicted octanol–water partition coefficient (Wildman–Crippen LogP) is 4.73. The predicted molar refractivity (Wildman–Crippen MR) is 95.4 cm³/mol. The fourth-order valence-electron chi connectivity index (χ4n) is 2.39. The van der Waals surface area contributed by atoms with Crippen molar-refractivity contribution in [3.63, 3.8) is 0 Å². The van der Waals surface area contributed by atoms with Gasteiger partial charge in [-0.3, -0.25) is 0 Å². The van der Waals surface area contributed by atoms with Gasteiger partial charge in [-0.1, -0.05) is 28.1 Å². The maximum atomic E-state index is 6.50. The zero-order valence-electron chi connectivity index (χ0n) is 11.7. The Morgan fingerprint density at radius 2 is 1.95 bits per heavy atom. The van der Waals surface area contributed by atoms with Crippen molar-refractivity contribution in [1.82, 2.24) is 0 Å². The van der Waals surface area contributed by atoms with Gasteiger partial charge in [0.15, 0.2) is 0 Å². The lowest BCUT2D eigenvalue weighted by Gasteiger charge is -2.21. The Kier molecular flexibility index (Phi) is 5.09. The highest BCUT2D eigenvalue weighted by molar-refractivity contribution is 14.1. The number of aryl methyl sites for hydroxylation is 1. The fourth-order valence-corrected chi connectivity index (χ4v) is 3.51. The minimum Gasteiger partial charge on any atom is -0.496 e. The van der Waals surface area contributed by atoms with Crippen LogP contribution in [0.15, 0.2) is 34.8 Å². The average Bonchev–Trinajstić information content (AvgIpc) is 2.41. The van der Waals surface area contributed by atoms with E-state index in [0.29, 0.717) is 0 Å². The highest BCUT2D eigenvalue weighted by Crippen LogP contribution is 2.37. The summed E-state index contributed by atoms with van der Waals surface area (Å²) in [7, 11) is 1.70. The number of nitrogens with two attached hydrogens (primary N) is 1. The maximum absolute atomic E-state index is 6.50. The first-order valence-electron chi connectivity index (χ1n) is 6.30. The van der Waals surface area contributed by atoms with Gasteiger partial charge in [0.1, 0.15) is 5.75 Å². The largest absolute Gasteiger partial charge is 0.496 e. The van der Waals surface area contributed by atoms with Crippen molar-refractivity contribution in [3.05, 3.63) is 60.6 Å². The molecule has 1 atom stereocenters. The molecule has 0 heterocycles. The average molecular weight is 446 g/mol. The Morgan fingerprint density at radius 3 is 2.55 bits per heavy atom. The van der Waals surface area contributed by atoms with Crippen molar-refractivity contribution in [2.75, 3.05) is 7.11 Å². The van der Waals surface area contributed by atoms with E-state index >= 15 is 0 Å². The first-order chi connectivity index (χ1) is 9.45. The summed E-state index contributed by atoms with van der Waals surface area (Å²) in [6.07, 6.45) is 0. The number of hydrogen-bond donors (Lipinski definition) is 1. The van der Waals surface area contributed by atoms with Gasteiger partial charge in [-0.25, -0.2) is 0 Å². The standard InChI is InChI=1S/C16H17BrINO/c1-9-7-13(17)10(2)14(16(9)20-3)15(19)11-5-4-6-12(18)8-11/h4-8,15H,19H2,1-3H3. The molecular formula is C16H17BrINO. The Morgan fingerprint density at radius 1 is 1.25 bits per heavy atom. The molecule has 20 heavy (non-hydrogen) atoms. The maximum Gasteiger partial charge on any atom is 0.127 e. The summed E-state index contributed by atoms with van der Waals surface area (Å²) in [5.74, 6) is 0.872. The molecule has 0 radical (unpaired) electrons. The highest BCUT2D eigenvalue weighted by Gasteiger charge is 2.20. The molecule has 106 valence electrons. The fraction of sp³-hybridized carbons (Fsp3) is 0.250. The van der Waals surface area contributed by atoms with Gasteiger partial charge in [0, 0.05) is 13.6 Å². The van der Waals surface area contributed by atoms with Crippen molar-refractivity contribution in [2.24, 2.45) is 5.73 Å². The zero-order valence-corrected chi connectivity index (χ0v) is 15.4. The molecule has 0 amide bonds. The Bertz CT molecular complexity index is 643. The number of ether oxygens (including phenoxy) is 1. The van der Waals surface area contributed by atoms with Gasteiger partial charge in [0.05, 0.1) is 13.2 Å². The minimum atomic E-state index is -0.198. The van der Waals surface area contributed by atoms with E-state index in [1.807, 2.05) is 13.0 Å². The van der Waals surface area contributed by atoms with Crippen LogP contribution in [0.4, 0.5) is 0 Å². The minimum absolute atomic E-state index is 0.198. The zero-order chi connectivity index (χ0) is 14.9. The van der Waals surface area contributed by atoms with Crippen LogP contribution in [0.3, 0.4) is 0 Å². The molecule has 2 N–H and O–H groups in total. The summed E-state index contributed by atoms with van der Waals surface area (Å²) in [5.41, 5.74) is 10.8. The molecule has 0 fully saturated rings. The van der Waals surface area contributed by atoms with Gasteiger partial charge in [-0.15, -0.1) is 0 Å². The Balaban J connectivity index is 2.62. The van der Waals surface area contributed by atoms with Crippen LogP contribution in [-0.4, -0.2) is 7.11 Å². The van der Waals surface area contributed by atoms with Crippen molar-refractivity contribution < 1.29 is 4.74 Å². The summed E-state index contributed by atoms with van der Waals surface area (Å²) < 4.78 is 7.82. The lowest BCUT2D eigenvalue weighted by Crippen LogP contribution is -2.15. The number of benzene rings is 2.